The van der Waals surface area contributed by atoms with E-state index < -0.39 is 12.1 Å². The Morgan fingerprint density at radius 2 is 2.06 bits per heavy atom. The lowest BCUT2D eigenvalue weighted by molar-refractivity contribution is -0.139. The Labute approximate surface area is 101 Å². The fourth-order valence-corrected chi connectivity index (χ4v) is 2.24. The Bertz CT molecular complexity index is 410. The number of aliphatic carboxylic acids is 1. The van der Waals surface area contributed by atoms with Gasteiger partial charge in [-0.1, -0.05) is 31.2 Å². The molecular weight excluding hydrogens is 216 g/mol. The number of hydrogen-bond acceptors (Lipinski definition) is 2. The zero-order chi connectivity index (χ0) is 12.4. The molecule has 2 atom stereocenters. The Kier molecular flexibility index (Phi) is 3.48. The van der Waals surface area contributed by atoms with E-state index in [1.807, 2.05) is 24.3 Å². The third kappa shape index (κ3) is 2.86. The van der Waals surface area contributed by atoms with Crippen molar-refractivity contribution in [3.8, 4) is 0 Å². The molecule has 0 heterocycles. The lowest BCUT2D eigenvalue weighted by atomic mass is 9.90. The van der Waals surface area contributed by atoms with E-state index in [1.54, 1.807) is 6.92 Å². The summed E-state index contributed by atoms with van der Waals surface area (Å²) in [5, 5.41) is 19.0. The number of aliphatic hydroxyl groups is 1. The first-order chi connectivity index (χ1) is 8.09. The largest absolute Gasteiger partial charge is 0.481 e. The number of carboxylic acids is 1. The molecule has 0 aliphatic heterocycles. The van der Waals surface area contributed by atoms with Crippen LogP contribution in [0.4, 0.5) is 0 Å². The molecule has 0 spiro atoms. The number of hydrogen-bond donors (Lipinski definition) is 2. The maximum atomic E-state index is 10.7. The molecule has 2 N–H and O–H groups in total. The van der Waals surface area contributed by atoms with Crippen LogP contribution in [0.1, 0.15) is 49.3 Å². The molecule has 1 aliphatic carbocycles. The maximum Gasteiger partial charge on any atom is 0.303 e. The van der Waals surface area contributed by atoms with Gasteiger partial charge in [0.1, 0.15) is 0 Å². The lowest BCUT2D eigenvalue weighted by Crippen LogP contribution is -2.15. The van der Waals surface area contributed by atoms with Gasteiger partial charge < -0.3 is 10.2 Å². The van der Waals surface area contributed by atoms with Crippen molar-refractivity contribution in [3.05, 3.63) is 35.4 Å². The highest BCUT2D eigenvalue weighted by atomic mass is 16.4. The second-order valence-electron chi connectivity index (χ2n) is 4.92. The van der Waals surface area contributed by atoms with Gasteiger partial charge in [0.05, 0.1) is 12.5 Å². The van der Waals surface area contributed by atoms with E-state index in [-0.39, 0.29) is 12.3 Å². The van der Waals surface area contributed by atoms with Crippen molar-refractivity contribution in [3.63, 3.8) is 0 Å². The summed E-state index contributed by atoms with van der Waals surface area (Å²) in [5.74, 6) is -0.550. The average molecular weight is 234 g/mol. The zero-order valence-corrected chi connectivity index (χ0v) is 9.97. The van der Waals surface area contributed by atoms with Gasteiger partial charge in [0.25, 0.3) is 0 Å². The molecule has 0 amide bonds. The number of benzene rings is 1. The van der Waals surface area contributed by atoms with Crippen molar-refractivity contribution in [2.24, 2.45) is 5.92 Å². The molecule has 2 rings (SSSR count). The van der Waals surface area contributed by atoms with Crippen LogP contribution in [0.25, 0.3) is 0 Å². The Morgan fingerprint density at radius 1 is 1.41 bits per heavy atom. The summed E-state index contributed by atoms with van der Waals surface area (Å²) in [6.45, 7) is 1.78. The van der Waals surface area contributed by atoms with Gasteiger partial charge in [0, 0.05) is 0 Å². The standard InChI is InChI=1S/C14H18O3/c1-9(8-13(15)16)14(17)12-5-3-2-4-11(12)10-6-7-10/h2-5,9-10,14,17H,6-8H2,1H3,(H,15,16). The van der Waals surface area contributed by atoms with Crippen molar-refractivity contribution < 1.29 is 15.0 Å². The highest BCUT2D eigenvalue weighted by Crippen LogP contribution is 2.44. The highest BCUT2D eigenvalue weighted by molar-refractivity contribution is 5.67. The topological polar surface area (TPSA) is 57.5 Å². The van der Waals surface area contributed by atoms with Gasteiger partial charge in [-0.15, -0.1) is 0 Å². The SMILES string of the molecule is CC(CC(=O)O)C(O)c1ccccc1C1CC1. The van der Waals surface area contributed by atoms with E-state index in [4.69, 9.17) is 5.11 Å². The molecule has 92 valence electrons. The normalized spacial score (nSPS) is 18.7. The van der Waals surface area contributed by atoms with E-state index in [1.165, 1.54) is 18.4 Å². The van der Waals surface area contributed by atoms with Crippen LogP contribution in [0, 0.1) is 5.92 Å². The predicted octanol–water partition coefficient (Wildman–Crippen LogP) is 2.71. The summed E-state index contributed by atoms with van der Waals surface area (Å²) in [4.78, 5) is 10.7. The molecule has 1 aromatic rings. The minimum Gasteiger partial charge on any atom is -0.481 e. The summed E-state index contributed by atoms with van der Waals surface area (Å²) in [5.41, 5.74) is 2.10. The van der Waals surface area contributed by atoms with E-state index in [0.717, 1.165) is 5.56 Å². The minimum atomic E-state index is -0.861. The minimum absolute atomic E-state index is 0.000166. The third-order valence-corrected chi connectivity index (χ3v) is 3.37. The fraction of sp³-hybridized carbons (Fsp3) is 0.500. The molecule has 1 aromatic carbocycles. The average Bonchev–Trinajstić information content (AvgIpc) is 3.11. The number of carbonyl (C=O) groups is 1. The van der Waals surface area contributed by atoms with E-state index >= 15 is 0 Å². The summed E-state index contributed by atoms with van der Waals surface area (Å²) >= 11 is 0. The molecule has 0 aromatic heterocycles. The predicted molar refractivity (Wildman–Crippen MR) is 64.8 cm³/mol. The third-order valence-electron chi connectivity index (χ3n) is 3.37. The molecule has 1 saturated carbocycles. The molecule has 0 bridgehead atoms. The highest BCUT2D eigenvalue weighted by Gasteiger charge is 2.29. The van der Waals surface area contributed by atoms with Gasteiger partial charge in [-0.05, 0) is 35.8 Å². The summed E-state index contributed by atoms with van der Waals surface area (Å²) in [6.07, 6.45) is 1.68. The van der Waals surface area contributed by atoms with Gasteiger partial charge in [0.15, 0.2) is 0 Å². The van der Waals surface area contributed by atoms with Crippen LogP contribution >= 0.6 is 0 Å². The first kappa shape index (κ1) is 12.1. The van der Waals surface area contributed by atoms with Crippen molar-refractivity contribution in [1.29, 1.82) is 0 Å². The van der Waals surface area contributed by atoms with Crippen LogP contribution in [-0.2, 0) is 4.79 Å². The van der Waals surface area contributed by atoms with Crippen LogP contribution in [0.5, 0.6) is 0 Å². The molecule has 17 heavy (non-hydrogen) atoms. The summed E-state index contributed by atoms with van der Waals surface area (Å²) in [7, 11) is 0. The Morgan fingerprint density at radius 3 is 2.65 bits per heavy atom. The first-order valence-corrected chi connectivity index (χ1v) is 6.08. The molecule has 0 radical (unpaired) electrons. The van der Waals surface area contributed by atoms with Gasteiger partial charge >= 0.3 is 5.97 Å². The van der Waals surface area contributed by atoms with Crippen LogP contribution in [-0.4, -0.2) is 16.2 Å². The zero-order valence-electron chi connectivity index (χ0n) is 9.97. The van der Waals surface area contributed by atoms with Gasteiger partial charge in [0.2, 0.25) is 0 Å². The van der Waals surface area contributed by atoms with Crippen LogP contribution < -0.4 is 0 Å². The quantitative estimate of drug-likeness (QED) is 0.823. The smallest absolute Gasteiger partial charge is 0.303 e. The molecule has 2 unspecified atom stereocenters. The summed E-state index contributed by atoms with van der Waals surface area (Å²) < 4.78 is 0. The first-order valence-electron chi connectivity index (χ1n) is 6.08. The molecule has 1 aliphatic rings. The van der Waals surface area contributed by atoms with Crippen molar-refractivity contribution in [2.45, 2.75) is 38.2 Å². The number of carboxylic acid groups (broad SMARTS) is 1. The number of aliphatic hydroxyl groups excluding tert-OH is 1. The summed E-state index contributed by atoms with van der Waals surface area (Å²) in [6, 6.07) is 7.84. The Balaban J connectivity index is 2.17. The van der Waals surface area contributed by atoms with Crippen LogP contribution in [0.2, 0.25) is 0 Å². The van der Waals surface area contributed by atoms with Gasteiger partial charge in [-0.3, -0.25) is 4.79 Å². The van der Waals surface area contributed by atoms with Crippen molar-refractivity contribution in [2.75, 3.05) is 0 Å². The molecular formula is C14H18O3. The molecule has 3 heteroatoms. The monoisotopic (exact) mass is 234 g/mol. The van der Waals surface area contributed by atoms with Crippen LogP contribution in [0.3, 0.4) is 0 Å². The van der Waals surface area contributed by atoms with E-state index in [2.05, 4.69) is 0 Å². The van der Waals surface area contributed by atoms with Crippen molar-refractivity contribution in [1.82, 2.24) is 0 Å². The molecule has 3 nitrogen and oxygen atoms in total. The fourth-order valence-electron chi connectivity index (χ4n) is 2.24. The Hall–Kier alpha value is -1.35. The maximum absolute atomic E-state index is 10.7. The van der Waals surface area contributed by atoms with Crippen LogP contribution in [0.15, 0.2) is 24.3 Å². The van der Waals surface area contributed by atoms with E-state index in [9.17, 15) is 9.90 Å². The number of rotatable bonds is 5. The van der Waals surface area contributed by atoms with Crippen molar-refractivity contribution >= 4 is 5.97 Å². The van der Waals surface area contributed by atoms with E-state index in [0.29, 0.717) is 5.92 Å². The lowest BCUT2D eigenvalue weighted by Gasteiger charge is -2.20. The molecule has 1 fully saturated rings. The second-order valence-corrected chi connectivity index (χ2v) is 4.92. The van der Waals surface area contributed by atoms with Gasteiger partial charge in [-0.2, -0.15) is 0 Å². The second kappa shape index (κ2) is 4.88. The van der Waals surface area contributed by atoms with Gasteiger partial charge in [-0.25, -0.2) is 0 Å². The molecule has 0 saturated heterocycles.